The molecule has 0 fully saturated rings. The molecule has 0 aliphatic heterocycles. The lowest BCUT2D eigenvalue weighted by Crippen LogP contribution is -2.04. The van der Waals surface area contributed by atoms with E-state index in [1.165, 1.54) is 6.92 Å². The second kappa shape index (κ2) is 5.09. The number of aromatic carboxylic acids is 1. The van der Waals surface area contributed by atoms with Crippen LogP contribution in [0.5, 0.6) is 0 Å². The number of hydrogen-bond acceptors (Lipinski definition) is 3. The summed E-state index contributed by atoms with van der Waals surface area (Å²) in [4.78, 5) is 23.1. The molecule has 0 unspecified atom stereocenters. The number of rotatable bonds is 4. The van der Waals surface area contributed by atoms with E-state index in [9.17, 15) is 14.7 Å². The molecule has 1 aromatic carbocycles. The molecule has 5 nitrogen and oxygen atoms in total. The Morgan fingerprint density at radius 2 is 1.90 bits per heavy atom. The number of hydrogen-bond donors (Lipinski definition) is 2. The number of aromatic nitrogens is 1. The number of carboxylic acid groups (broad SMARTS) is 1. The zero-order valence-electron chi connectivity index (χ0n) is 11.7. The molecule has 0 bridgehead atoms. The second-order valence-electron chi connectivity index (χ2n) is 4.91. The molecule has 0 amide bonds. The molecule has 5 heteroatoms. The van der Waals surface area contributed by atoms with Crippen LogP contribution in [0.4, 0.5) is 0 Å². The van der Waals surface area contributed by atoms with Gasteiger partial charge in [0.05, 0.1) is 17.7 Å². The summed E-state index contributed by atoms with van der Waals surface area (Å²) in [6.07, 6.45) is 1.69. The number of nitrogens with zero attached hydrogens (tertiary/aromatic N) is 1. The number of benzene rings is 1. The smallest absolute Gasteiger partial charge is 0.335 e. The number of aliphatic hydroxyl groups excluding tert-OH is 1. The summed E-state index contributed by atoms with van der Waals surface area (Å²) in [5.74, 6) is -1.12. The lowest BCUT2D eigenvalue weighted by molar-refractivity contribution is 0.0696. The van der Waals surface area contributed by atoms with Crippen LogP contribution in [0.25, 0.3) is 10.9 Å². The van der Waals surface area contributed by atoms with Crippen molar-refractivity contribution in [3.05, 3.63) is 34.5 Å². The van der Waals surface area contributed by atoms with Crippen molar-refractivity contribution < 1.29 is 19.8 Å². The molecule has 2 N–H and O–H groups in total. The third-order valence-electron chi connectivity index (χ3n) is 3.54. The number of fused-ring (bicyclic) bond motifs is 1. The maximum atomic E-state index is 11.8. The molecule has 20 heavy (non-hydrogen) atoms. The van der Waals surface area contributed by atoms with Gasteiger partial charge in [0.25, 0.3) is 0 Å². The molecule has 0 aliphatic carbocycles. The number of carbonyl (C=O) groups excluding carboxylic acids is 1. The first-order valence-electron chi connectivity index (χ1n) is 6.36. The van der Waals surface area contributed by atoms with Crippen LogP contribution in [-0.2, 0) is 6.54 Å². The first kappa shape index (κ1) is 14.3. The molecule has 2 aromatic rings. The molecule has 0 saturated heterocycles. The van der Waals surface area contributed by atoms with Crippen LogP contribution in [0.3, 0.4) is 0 Å². The lowest BCUT2D eigenvalue weighted by atomic mass is 9.97. The fraction of sp³-hybridized carbons (Fsp3) is 0.333. The Bertz CT molecular complexity index is 712. The third kappa shape index (κ3) is 2.10. The van der Waals surface area contributed by atoms with Crippen molar-refractivity contribution in [1.82, 2.24) is 4.57 Å². The van der Waals surface area contributed by atoms with Gasteiger partial charge in [-0.2, -0.15) is 0 Å². The van der Waals surface area contributed by atoms with Gasteiger partial charge in [0, 0.05) is 23.7 Å². The molecule has 1 heterocycles. The number of ketones is 1. The summed E-state index contributed by atoms with van der Waals surface area (Å²) >= 11 is 0. The molecule has 0 spiro atoms. The number of carboxylic acids is 1. The number of carbonyl (C=O) groups is 2. The highest BCUT2D eigenvalue weighted by Crippen LogP contribution is 2.30. The van der Waals surface area contributed by atoms with Crippen molar-refractivity contribution in [2.45, 2.75) is 27.3 Å². The minimum absolute atomic E-state index is 0.0414. The van der Waals surface area contributed by atoms with Crippen LogP contribution in [0.2, 0.25) is 0 Å². The van der Waals surface area contributed by atoms with Crippen molar-refractivity contribution in [3.63, 3.8) is 0 Å². The molecule has 106 valence electrons. The summed E-state index contributed by atoms with van der Waals surface area (Å²) in [7, 11) is 0. The van der Waals surface area contributed by atoms with E-state index < -0.39 is 5.97 Å². The van der Waals surface area contributed by atoms with Gasteiger partial charge in [-0.05, 0) is 38.0 Å². The predicted octanol–water partition coefficient (Wildman–Crippen LogP) is 2.15. The van der Waals surface area contributed by atoms with Gasteiger partial charge < -0.3 is 14.8 Å². The van der Waals surface area contributed by atoms with E-state index in [-0.39, 0.29) is 18.0 Å². The maximum Gasteiger partial charge on any atom is 0.335 e. The van der Waals surface area contributed by atoms with Crippen LogP contribution in [0, 0.1) is 13.8 Å². The Kier molecular flexibility index (Phi) is 3.63. The number of aliphatic hydroxyl groups is 1. The van der Waals surface area contributed by atoms with E-state index in [0.29, 0.717) is 23.1 Å². The molecule has 2 rings (SSSR count). The first-order valence-corrected chi connectivity index (χ1v) is 6.36. The van der Waals surface area contributed by atoms with Crippen LogP contribution in [0.15, 0.2) is 12.3 Å². The van der Waals surface area contributed by atoms with Crippen LogP contribution < -0.4 is 0 Å². The van der Waals surface area contributed by atoms with E-state index in [1.807, 2.05) is 6.92 Å². The molecule has 0 radical (unpaired) electrons. The van der Waals surface area contributed by atoms with Crippen molar-refractivity contribution in [1.29, 1.82) is 0 Å². The summed E-state index contributed by atoms with van der Waals surface area (Å²) in [5, 5.41) is 19.1. The zero-order valence-corrected chi connectivity index (χ0v) is 11.7. The topological polar surface area (TPSA) is 79.5 Å². The standard InChI is InChI=1S/C15H17NO4/c1-8-6-11(15(19)20)9(2)13-12(10(3)18)7-16(4-5-17)14(8)13/h6-7,17H,4-5H2,1-3H3,(H,19,20). The van der Waals surface area contributed by atoms with E-state index in [4.69, 9.17) is 5.11 Å². The largest absolute Gasteiger partial charge is 0.478 e. The normalized spacial score (nSPS) is 11.0. The summed E-state index contributed by atoms with van der Waals surface area (Å²) in [5.41, 5.74) is 2.88. The van der Waals surface area contributed by atoms with Gasteiger partial charge in [-0.15, -0.1) is 0 Å². The quantitative estimate of drug-likeness (QED) is 0.838. The highest BCUT2D eigenvalue weighted by Gasteiger charge is 2.20. The van der Waals surface area contributed by atoms with Gasteiger partial charge in [-0.3, -0.25) is 4.79 Å². The summed E-state index contributed by atoms with van der Waals surface area (Å²) in [6.45, 7) is 5.31. The molecule has 1 aromatic heterocycles. The van der Waals surface area contributed by atoms with Crippen molar-refractivity contribution in [3.8, 4) is 0 Å². The van der Waals surface area contributed by atoms with Gasteiger partial charge in [0.1, 0.15) is 0 Å². The number of Topliss-reactive ketones (excluding diaryl/α,β-unsaturated/α-hetero) is 1. The van der Waals surface area contributed by atoms with Gasteiger partial charge in [-0.1, -0.05) is 0 Å². The molecule has 0 saturated carbocycles. The average molecular weight is 275 g/mol. The van der Waals surface area contributed by atoms with E-state index >= 15 is 0 Å². The highest BCUT2D eigenvalue weighted by atomic mass is 16.4. The van der Waals surface area contributed by atoms with Gasteiger partial charge in [0.2, 0.25) is 0 Å². The first-order chi connectivity index (χ1) is 9.38. The Morgan fingerprint density at radius 1 is 1.25 bits per heavy atom. The SMILES string of the molecule is CC(=O)c1cn(CCO)c2c(C)cc(C(=O)O)c(C)c12. The van der Waals surface area contributed by atoms with Crippen LogP contribution in [-0.4, -0.2) is 33.1 Å². The molecular weight excluding hydrogens is 258 g/mol. The van der Waals surface area contributed by atoms with Crippen molar-refractivity contribution in [2.24, 2.45) is 0 Å². The van der Waals surface area contributed by atoms with E-state index in [2.05, 4.69) is 0 Å². The van der Waals surface area contributed by atoms with Gasteiger partial charge >= 0.3 is 5.97 Å². The average Bonchev–Trinajstić information content (AvgIpc) is 2.74. The Balaban J connectivity index is 2.94. The molecule has 0 atom stereocenters. The summed E-state index contributed by atoms with van der Waals surface area (Å²) < 4.78 is 1.81. The fourth-order valence-corrected chi connectivity index (χ4v) is 2.66. The van der Waals surface area contributed by atoms with Crippen molar-refractivity contribution in [2.75, 3.05) is 6.61 Å². The Labute approximate surface area is 116 Å². The molecular formula is C15H17NO4. The monoisotopic (exact) mass is 275 g/mol. The maximum absolute atomic E-state index is 11.8. The zero-order chi connectivity index (χ0) is 15.0. The highest BCUT2D eigenvalue weighted by molar-refractivity contribution is 6.11. The number of aryl methyl sites for hydroxylation is 2. The van der Waals surface area contributed by atoms with E-state index in [1.54, 1.807) is 23.8 Å². The second-order valence-corrected chi connectivity index (χ2v) is 4.91. The Morgan fingerprint density at radius 3 is 2.40 bits per heavy atom. The lowest BCUT2D eigenvalue weighted by Gasteiger charge is -2.10. The Hall–Kier alpha value is -2.14. The van der Waals surface area contributed by atoms with Crippen LogP contribution in [0.1, 0.15) is 38.8 Å². The minimum atomic E-state index is -1.00. The fourth-order valence-electron chi connectivity index (χ4n) is 2.66. The van der Waals surface area contributed by atoms with Crippen molar-refractivity contribution >= 4 is 22.7 Å². The molecule has 0 aliphatic rings. The minimum Gasteiger partial charge on any atom is -0.478 e. The van der Waals surface area contributed by atoms with Crippen LogP contribution >= 0.6 is 0 Å². The predicted molar refractivity (Wildman–Crippen MR) is 75.5 cm³/mol. The van der Waals surface area contributed by atoms with Gasteiger partial charge in [-0.25, -0.2) is 4.79 Å². The van der Waals surface area contributed by atoms with E-state index in [0.717, 1.165) is 11.1 Å². The van der Waals surface area contributed by atoms with Gasteiger partial charge in [0.15, 0.2) is 5.78 Å². The third-order valence-corrected chi connectivity index (χ3v) is 3.54. The summed E-state index contributed by atoms with van der Waals surface area (Å²) in [6, 6.07) is 1.61.